The van der Waals surface area contributed by atoms with Crippen molar-refractivity contribution in [3.63, 3.8) is 0 Å². The van der Waals surface area contributed by atoms with Crippen LogP contribution in [0.15, 0.2) is 55.1 Å². The Kier molecular flexibility index (Phi) is 4.06. The van der Waals surface area contributed by atoms with Crippen LogP contribution in [-0.2, 0) is 6.42 Å². The number of hydrogen-bond acceptors (Lipinski definition) is 7. The quantitative estimate of drug-likeness (QED) is 0.618. The van der Waals surface area contributed by atoms with Gasteiger partial charge in [-0.3, -0.25) is 20.6 Å². The molecule has 2 aromatic heterocycles. The number of hydrogen-bond donors (Lipinski definition) is 3. The maximum Gasteiger partial charge on any atom is 0.269 e. The molecule has 4 N–H and O–H groups in total. The number of hydrazine groups is 1. The number of para-hydroxylation sites is 1. The van der Waals surface area contributed by atoms with Gasteiger partial charge in [-0.25, -0.2) is 9.97 Å². The zero-order valence-corrected chi connectivity index (χ0v) is 13.9. The first-order valence-electron chi connectivity index (χ1n) is 8.16. The van der Waals surface area contributed by atoms with Crippen LogP contribution < -0.4 is 21.5 Å². The molecule has 0 aliphatic carbocycles. The summed E-state index contributed by atoms with van der Waals surface area (Å²) in [4.78, 5) is 26.5. The minimum Gasteiger partial charge on any atom is -0.393 e. The molecule has 0 fully saturated rings. The van der Waals surface area contributed by atoms with Gasteiger partial charge in [-0.15, -0.1) is 0 Å². The van der Waals surface area contributed by atoms with Crippen molar-refractivity contribution >= 4 is 28.9 Å². The van der Waals surface area contributed by atoms with Gasteiger partial charge in [-0.05, 0) is 30.2 Å². The fraction of sp³-hybridized carbons (Fsp3) is 0.111. The van der Waals surface area contributed by atoms with E-state index in [1.54, 1.807) is 24.5 Å². The van der Waals surface area contributed by atoms with E-state index >= 15 is 0 Å². The standard InChI is InChI=1S/C18H17N7O/c19-15-16(23-24-18(26)13-5-8-20-9-6-13)21-11-22-17(15)25-10-7-12-3-1-2-4-14(12)25/h1-6,8-9,11H,7,10,19H2,(H,24,26)(H,21,22,23). The van der Waals surface area contributed by atoms with Crippen LogP contribution in [0.2, 0.25) is 0 Å². The zero-order valence-electron chi connectivity index (χ0n) is 13.9. The Morgan fingerprint density at radius 1 is 1.12 bits per heavy atom. The SMILES string of the molecule is Nc1c(NNC(=O)c2ccncc2)ncnc1N1CCc2ccccc21. The molecule has 0 bridgehead atoms. The summed E-state index contributed by atoms with van der Waals surface area (Å²) in [5.41, 5.74) is 14.8. The predicted octanol–water partition coefficient (Wildman–Crippen LogP) is 1.90. The summed E-state index contributed by atoms with van der Waals surface area (Å²) in [6, 6.07) is 11.4. The fourth-order valence-corrected chi connectivity index (χ4v) is 2.95. The lowest BCUT2D eigenvalue weighted by Crippen LogP contribution is -2.30. The van der Waals surface area contributed by atoms with E-state index < -0.39 is 0 Å². The summed E-state index contributed by atoms with van der Waals surface area (Å²) in [5, 5.41) is 0. The molecule has 0 spiro atoms. The highest BCUT2D eigenvalue weighted by molar-refractivity contribution is 5.95. The van der Waals surface area contributed by atoms with Crippen LogP contribution in [0, 0.1) is 0 Å². The molecular weight excluding hydrogens is 330 g/mol. The molecule has 26 heavy (non-hydrogen) atoms. The van der Waals surface area contributed by atoms with Gasteiger partial charge in [-0.1, -0.05) is 18.2 Å². The number of rotatable bonds is 4. The third-order valence-corrected chi connectivity index (χ3v) is 4.24. The molecule has 4 rings (SSSR count). The number of benzene rings is 1. The number of fused-ring (bicyclic) bond motifs is 1. The van der Waals surface area contributed by atoms with Crippen molar-refractivity contribution < 1.29 is 4.79 Å². The van der Waals surface area contributed by atoms with Crippen LogP contribution >= 0.6 is 0 Å². The Hall–Kier alpha value is -3.68. The van der Waals surface area contributed by atoms with Crippen LogP contribution in [-0.4, -0.2) is 27.4 Å². The molecule has 8 heteroatoms. The molecule has 3 aromatic rings. The van der Waals surface area contributed by atoms with Gasteiger partial charge in [0.15, 0.2) is 11.6 Å². The van der Waals surface area contributed by atoms with Crippen molar-refractivity contribution in [2.75, 3.05) is 22.6 Å². The lowest BCUT2D eigenvalue weighted by Gasteiger charge is -2.21. The highest BCUT2D eigenvalue weighted by Crippen LogP contribution is 2.37. The van der Waals surface area contributed by atoms with E-state index in [4.69, 9.17) is 5.73 Å². The number of aromatic nitrogens is 3. The van der Waals surface area contributed by atoms with E-state index in [2.05, 4.69) is 36.8 Å². The number of pyridine rings is 1. The molecule has 3 heterocycles. The van der Waals surface area contributed by atoms with Gasteiger partial charge in [-0.2, -0.15) is 0 Å². The smallest absolute Gasteiger partial charge is 0.269 e. The van der Waals surface area contributed by atoms with Gasteiger partial charge in [0.05, 0.1) is 0 Å². The van der Waals surface area contributed by atoms with Gasteiger partial charge in [0.25, 0.3) is 5.91 Å². The number of nitrogen functional groups attached to an aromatic ring is 1. The Bertz CT molecular complexity index is 945. The summed E-state index contributed by atoms with van der Waals surface area (Å²) in [5.74, 6) is 0.658. The lowest BCUT2D eigenvalue weighted by atomic mass is 10.2. The predicted molar refractivity (Wildman–Crippen MR) is 98.9 cm³/mol. The maximum atomic E-state index is 12.1. The summed E-state index contributed by atoms with van der Waals surface area (Å²) in [6.45, 7) is 0.795. The molecule has 1 aliphatic heterocycles. The molecule has 0 saturated carbocycles. The molecule has 1 amide bonds. The Balaban J connectivity index is 1.55. The summed E-state index contributed by atoms with van der Waals surface area (Å²) in [6.07, 6.45) is 5.46. The largest absolute Gasteiger partial charge is 0.393 e. The first kappa shape index (κ1) is 15.8. The Morgan fingerprint density at radius 3 is 2.77 bits per heavy atom. The van der Waals surface area contributed by atoms with Gasteiger partial charge in [0, 0.05) is 30.2 Å². The van der Waals surface area contributed by atoms with Crippen molar-refractivity contribution in [2.24, 2.45) is 0 Å². The van der Waals surface area contributed by atoms with Crippen LogP contribution in [0.3, 0.4) is 0 Å². The van der Waals surface area contributed by atoms with Crippen molar-refractivity contribution in [1.82, 2.24) is 20.4 Å². The van der Waals surface area contributed by atoms with E-state index in [-0.39, 0.29) is 5.91 Å². The molecule has 0 atom stereocenters. The van der Waals surface area contributed by atoms with Crippen molar-refractivity contribution in [3.05, 3.63) is 66.2 Å². The summed E-state index contributed by atoms with van der Waals surface area (Å²) >= 11 is 0. The van der Waals surface area contributed by atoms with E-state index in [0.29, 0.717) is 22.9 Å². The number of anilines is 4. The normalized spacial score (nSPS) is 12.5. The molecule has 1 aliphatic rings. The average Bonchev–Trinajstić information content (AvgIpc) is 3.11. The van der Waals surface area contributed by atoms with Crippen molar-refractivity contribution in [2.45, 2.75) is 6.42 Å². The second-order valence-electron chi connectivity index (χ2n) is 5.80. The number of nitrogens with two attached hydrogens (primary N) is 1. The van der Waals surface area contributed by atoms with E-state index in [1.807, 2.05) is 18.2 Å². The number of nitrogens with zero attached hydrogens (tertiary/aromatic N) is 4. The van der Waals surface area contributed by atoms with Crippen LogP contribution in [0.5, 0.6) is 0 Å². The van der Waals surface area contributed by atoms with Gasteiger partial charge in [0.2, 0.25) is 0 Å². The molecule has 0 unspecified atom stereocenters. The van der Waals surface area contributed by atoms with Gasteiger partial charge < -0.3 is 10.6 Å². The number of carbonyl (C=O) groups excluding carboxylic acids is 1. The third kappa shape index (κ3) is 2.88. The van der Waals surface area contributed by atoms with E-state index in [9.17, 15) is 4.79 Å². The molecule has 0 radical (unpaired) electrons. The number of nitrogens with one attached hydrogen (secondary N) is 2. The van der Waals surface area contributed by atoms with Gasteiger partial charge in [0.1, 0.15) is 12.0 Å². The topological polar surface area (TPSA) is 109 Å². The second kappa shape index (κ2) is 6.67. The monoisotopic (exact) mass is 347 g/mol. The third-order valence-electron chi connectivity index (χ3n) is 4.24. The second-order valence-corrected chi connectivity index (χ2v) is 5.80. The minimum atomic E-state index is -0.307. The highest BCUT2D eigenvalue weighted by atomic mass is 16.2. The first-order valence-corrected chi connectivity index (χ1v) is 8.16. The molecular formula is C18H17N7O. The van der Waals surface area contributed by atoms with E-state index in [1.165, 1.54) is 11.9 Å². The van der Waals surface area contributed by atoms with Crippen LogP contribution in [0.4, 0.5) is 23.0 Å². The van der Waals surface area contributed by atoms with Gasteiger partial charge >= 0.3 is 0 Å². The Labute approximate surface area is 150 Å². The van der Waals surface area contributed by atoms with Crippen LogP contribution in [0.25, 0.3) is 0 Å². The highest BCUT2D eigenvalue weighted by Gasteiger charge is 2.24. The molecule has 1 aromatic carbocycles. The van der Waals surface area contributed by atoms with Crippen molar-refractivity contribution in [3.8, 4) is 0 Å². The first-order chi connectivity index (χ1) is 12.7. The van der Waals surface area contributed by atoms with Crippen LogP contribution in [0.1, 0.15) is 15.9 Å². The maximum absolute atomic E-state index is 12.1. The molecule has 130 valence electrons. The average molecular weight is 347 g/mol. The minimum absolute atomic E-state index is 0.307. The zero-order chi connectivity index (χ0) is 17.9. The number of carbonyl (C=O) groups is 1. The molecule has 0 saturated heterocycles. The summed E-state index contributed by atoms with van der Waals surface area (Å²) < 4.78 is 0. The van der Waals surface area contributed by atoms with Crippen molar-refractivity contribution in [1.29, 1.82) is 0 Å². The summed E-state index contributed by atoms with van der Waals surface area (Å²) in [7, 11) is 0. The molecule has 8 nitrogen and oxygen atoms in total. The Morgan fingerprint density at radius 2 is 1.92 bits per heavy atom. The van der Waals surface area contributed by atoms with E-state index in [0.717, 1.165) is 18.7 Å². The lowest BCUT2D eigenvalue weighted by molar-refractivity contribution is 0.0962. The number of amides is 1. The fourth-order valence-electron chi connectivity index (χ4n) is 2.95.